The summed E-state index contributed by atoms with van der Waals surface area (Å²) in [7, 11) is 5.37. The topological polar surface area (TPSA) is 70.5 Å². The van der Waals surface area contributed by atoms with E-state index in [-0.39, 0.29) is 17.6 Å². The SMILES string of the molecule is CN(C)C(=O)CN1CCC(Cc2nn(C)cc2C(=O)NCc2ccc(F)cc2)CC1. The van der Waals surface area contributed by atoms with Crippen LogP contribution in [0.25, 0.3) is 0 Å². The summed E-state index contributed by atoms with van der Waals surface area (Å²) in [6.45, 7) is 2.55. The molecule has 0 saturated carbocycles. The van der Waals surface area contributed by atoms with Gasteiger partial charge >= 0.3 is 0 Å². The summed E-state index contributed by atoms with van der Waals surface area (Å²) in [4.78, 5) is 28.4. The smallest absolute Gasteiger partial charge is 0.255 e. The summed E-state index contributed by atoms with van der Waals surface area (Å²) in [6, 6.07) is 6.09. The van der Waals surface area contributed by atoms with E-state index in [4.69, 9.17) is 0 Å². The van der Waals surface area contributed by atoms with Crippen molar-refractivity contribution < 1.29 is 14.0 Å². The molecule has 0 spiro atoms. The molecule has 3 rings (SSSR count). The lowest BCUT2D eigenvalue weighted by Gasteiger charge is -2.31. The third-order valence-corrected chi connectivity index (χ3v) is 5.56. The van der Waals surface area contributed by atoms with Crippen LogP contribution in [0.3, 0.4) is 0 Å². The van der Waals surface area contributed by atoms with Crippen LogP contribution in [0.4, 0.5) is 4.39 Å². The molecule has 1 aromatic heterocycles. The summed E-state index contributed by atoms with van der Waals surface area (Å²) < 4.78 is 14.7. The van der Waals surface area contributed by atoms with Crippen molar-refractivity contribution in [1.29, 1.82) is 0 Å². The van der Waals surface area contributed by atoms with E-state index in [1.165, 1.54) is 12.1 Å². The zero-order chi connectivity index (χ0) is 21.7. The summed E-state index contributed by atoms with van der Waals surface area (Å²) in [5.41, 5.74) is 2.23. The van der Waals surface area contributed by atoms with E-state index >= 15 is 0 Å². The number of aromatic nitrogens is 2. The van der Waals surface area contributed by atoms with Crippen molar-refractivity contribution in [3.8, 4) is 0 Å². The summed E-state index contributed by atoms with van der Waals surface area (Å²) in [5.74, 6) is 0.0979. The van der Waals surface area contributed by atoms with Crippen LogP contribution in [0.15, 0.2) is 30.5 Å². The van der Waals surface area contributed by atoms with Crippen LogP contribution in [0.1, 0.15) is 34.5 Å². The molecular weight excluding hydrogens is 385 g/mol. The first-order valence-corrected chi connectivity index (χ1v) is 10.3. The number of halogens is 1. The number of nitrogens with zero attached hydrogens (tertiary/aromatic N) is 4. The van der Waals surface area contributed by atoms with Gasteiger partial charge in [0.2, 0.25) is 5.91 Å². The number of benzene rings is 1. The van der Waals surface area contributed by atoms with E-state index in [9.17, 15) is 14.0 Å². The van der Waals surface area contributed by atoms with Crippen LogP contribution in [-0.4, -0.2) is 65.1 Å². The minimum Gasteiger partial charge on any atom is -0.348 e. The van der Waals surface area contributed by atoms with Gasteiger partial charge in [-0.1, -0.05) is 12.1 Å². The molecule has 2 amide bonds. The largest absolute Gasteiger partial charge is 0.348 e. The van der Waals surface area contributed by atoms with E-state index in [0.29, 0.717) is 24.6 Å². The van der Waals surface area contributed by atoms with Crippen molar-refractivity contribution in [2.45, 2.75) is 25.8 Å². The molecule has 0 aliphatic carbocycles. The zero-order valence-electron chi connectivity index (χ0n) is 17.9. The Bertz CT molecular complexity index is 870. The average Bonchev–Trinajstić information content (AvgIpc) is 3.09. The fourth-order valence-electron chi connectivity index (χ4n) is 3.71. The lowest BCUT2D eigenvalue weighted by molar-refractivity contribution is -0.130. The Balaban J connectivity index is 1.54. The molecule has 7 nitrogen and oxygen atoms in total. The molecule has 0 bridgehead atoms. The molecule has 0 atom stereocenters. The Morgan fingerprint density at radius 1 is 1.20 bits per heavy atom. The number of piperidine rings is 1. The highest BCUT2D eigenvalue weighted by atomic mass is 19.1. The van der Waals surface area contributed by atoms with Gasteiger partial charge in [-0.15, -0.1) is 0 Å². The van der Waals surface area contributed by atoms with Crippen molar-refractivity contribution in [3.63, 3.8) is 0 Å². The van der Waals surface area contributed by atoms with E-state index < -0.39 is 0 Å². The number of likely N-dealkylation sites (tertiary alicyclic amines) is 1. The maximum atomic E-state index is 13.0. The van der Waals surface area contributed by atoms with Gasteiger partial charge in [0.1, 0.15) is 5.82 Å². The maximum absolute atomic E-state index is 13.0. The number of carbonyl (C=O) groups is 2. The monoisotopic (exact) mass is 415 g/mol. The number of amides is 2. The molecule has 0 unspecified atom stereocenters. The number of rotatable bonds is 7. The quantitative estimate of drug-likeness (QED) is 0.749. The second-order valence-electron chi connectivity index (χ2n) is 8.18. The number of aryl methyl sites for hydroxylation is 1. The number of hydrogen-bond donors (Lipinski definition) is 1. The predicted molar refractivity (Wildman–Crippen MR) is 112 cm³/mol. The summed E-state index contributed by atoms with van der Waals surface area (Å²) >= 11 is 0. The highest BCUT2D eigenvalue weighted by Gasteiger charge is 2.24. The first-order chi connectivity index (χ1) is 14.3. The van der Waals surface area contributed by atoms with Gasteiger partial charge in [-0.05, 0) is 56.0 Å². The van der Waals surface area contributed by atoms with E-state index in [0.717, 1.165) is 43.6 Å². The maximum Gasteiger partial charge on any atom is 0.255 e. The number of nitrogens with one attached hydrogen (secondary N) is 1. The minimum atomic E-state index is -0.295. The fraction of sp³-hybridized carbons (Fsp3) is 0.500. The molecular formula is C22H30FN5O2. The molecule has 1 N–H and O–H groups in total. The Morgan fingerprint density at radius 2 is 1.87 bits per heavy atom. The van der Waals surface area contributed by atoms with Gasteiger partial charge in [0.05, 0.1) is 17.8 Å². The van der Waals surface area contributed by atoms with Gasteiger partial charge in [-0.3, -0.25) is 19.2 Å². The van der Waals surface area contributed by atoms with Crippen molar-refractivity contribution in [3.05, 3.63) is 53.1 Å². The Hall–Kier alpha value is -2.74. The normalized spacial score (nSPS) is 15.2. The number of carbonyl (C=O) groups excluding carboxylic acids is 2. The van der Waals surface area contributed by atoms with Crippen LogP contribution in [0.2, 0.25) is 0 Å². The average molecular weight is 416 g/mol. The third kappa shape index (κ3) is 5.89. The van der Waals surface area contributed by atoms with Crippen molar-refractivity contribution in [1.82, 2.24) is 24.9 Å². The van der Waals surface area contributed by atoms with Gasteiger partial charge in [-0.2, -0.15) is 5.10 Å². The molecule has 1 saturated heterocycles. The second kappa shape index (κ2) is 9.84. The molecule has 1 fully saturated rings. The van der Waals surface area contributed by atoms with Gasteiger partial charge in [-0.25, -0.2) is 4.39 Å². The summed E-state index contributed by atoms with van der Waals surface area (Å²) in [6.07, 6.45) is 4.46. The predicted octanol–water partition coefficient (Wildman–Crippen LogP) is 1.83. The van der Waals surface area contributed by atoms with Gasteiger partial charge in [0.25, 0.3) is 5.91 Å². The molecule has 1 aromatic carbocycles. The molecule has 2 heterocycles. The van der Waals surface area contributed by atoms with E-state index in [1.807, 2.05) is 7.05 Å². The first-order valence-electron chi connectivity index (χ1n) is 10.3. The third-order valence-electron chi connectivity index (χ3n) is 5.56. The molecule has 2 aromatic rings. The Labute approximate surface area is 176 Å². The molecule has 1 aliphatic heterocycles. The van der Waals surface area contributed by atoms with Crippen LogP contribution in [0, 0.1) is 11.7 Å². The summed E-state index contributed by atoms with van der Waals surface area (Å²) in [5, 5.41) is 7.41. The van der Waals surface area contributed by atoms with Crippen molar-refractivity contribution in [2.24, 2.45) is 13.0 Å². The molecule has 1 aliphatic rings. The Morgan fingerprint density at radius 3 is 2.50 bits per heavy atom. The highest BCUT2D eigenvalue weighted by molar-refractivity contribution is 5.95. The first kappa shape index (κ1) is 22.0. The molecule has 0 radical (unpaired) electrons. The number of likely N-dealkylation sites (N-methyl/N-ethyl adjacent to an activating group) is 1. The van der Waals surface area contributed by atoms with Gasteiger partial charge in [0, 0.05) is 33.9 Å². The van der Waals surface area contributed by atoms with E-state index in [1.54, 1.807) is 42.0 Å². The molecule has 8 heteroatoms. The lowest BCUT2D eigenvalue weighted by atomic mass is 9.91. The van der Waals surface area contributed by atoms with Crippen molar-refractivity contribution in [2.75, 3.05) is 33.7 Å². The second-order valence-corrected chi connectivity index (χ2v) is 8.18. The number of hydrogen-bond acceptors (Lipinski definition) is 4. The Kier molecular flexibility index (Phi) is 7.20. The van der Waals surface area contributed by atoms with Crippen molar-refractivity contribution >= 4 is 11.8 Å². The fourth-order valence-corrected chi connectivity index (χ4v) is 3.71. The van der Waals surface area contributed by atoms with Gasteiger partial charge in [0.15, 0.2) is 0 Å². The van der Waals surface area contributed by atoms with Crippen LogP contribution in [0.5, 0.6) is 0 Å². The van der Waals surface area contributed by atoms with Crippen LogP contribution < -0.4 is 5.32 Å². The lowest BCUT2D eigenvalue weighted by Crippen LogP contribution is -2.41. The molecule has 162 valence electrons. The zero-order valence-corrected chi connectivity index (χ0v) is 17.9. The van der Waals surface area contributed by atoms with Gasteiger partial charge < -0.3 is 10.2 Å². The standard InChI is InChI=1S/C22H30FN5O2/c1-26(2)21(29)15-28-10-8-16(9-11-28)12-20-19(14-27(3)25-20)22(30)24-13-17-4-6-18(23)7-5-17/h4-7,14,16H,8-13,15H2,1-3H3,(H,24,30). The van der Waals surface area contributed by atoms with E-state index in [2.05, 4.69) is 15.3 Å². The minimum absolute atomic E-state index is 0.123. The van der Waals surface area contributed by atoms with Crippen LogP contribution >= 0.6 is 0 Å². The highest BCUT2D eigenvalue weighted by Crippen LogP contribution is 2.23. The molecule has 30 heavy (non-hydrogen) atoms. The van der Waals surface area contributed by atoms with Crippen LogP contribution in [-0.2, 0) is 24.8 Å².